The molecule has 0 radical (unpaired) electrons. The van der Waals surface area contributed by atoms with E-state index in [4.69, 9.17) is 0 Å². The molecule has 2 aliphatic heterocycles. The number of hydrogen-bond donors (Lipinski definition) is 2. The van der Waals surface area contributed by atoms with Gasteiger partial charge in [0.15, 0.2) is 0 Å². The second-order valence-electron chi connectivity index (χ2n) is 4.34. The number of amides is 2. The number of benzene rings is 1. The maximum absolute atomic E-state index is 11.1. The standard InChI is InChI=1S/C12H15N3O/c16-12-13-8-9-7-10(3-4-11(9)14-12)15-5-1-2-6-15/h3-4,7H,1-2,5-6,8H2,(H2,13,14,16). The molecule has 0 aromatic heterocycles. The average molecular weight is 217 g/mol. The molecule has 2 heterocycles. The summed E-state index contributed by atoms with van der Waals surface area (Å²) in [6.07, 6.45) is 2.57. The van der Waals surface area contributed by atoms with E-state index in [9.17, 15) is 4.79 Å². The highest BCUT2D eigenvalue weighted by molar-refractivity contribution is 5.92. The number of anilines is 2. The van der Waals surface area contributed by atoms with Gasteiger partial charge in [-0.25, -0.2) is 4.79 Å². The third-order valence-electron chi connectivity index (χ3n) is 3.25. The van der Waals surface area contributed by atoms with Gasteiger partial charge in [-0.1, -0.05) is 0 Å². The fraction of sp³-hybridized carbons (Fsp3) is 0.417. The van der Waals surface area contributed by atoms with Gasteiger partial charge in [0.25, 0.3) is 0 Å². The largest absolute Gasteiger partial charge is 0.372 e. The van der Waals surface area contributed by atoms with Crippen LogP contribution in [-0.4, -0.2) is 19.1 Å². The van der Waals surface area contributed by atoms with E-state index in [2.05, 4.69) is 27.7 Å². The topological polar surface area (TPSA) is 44.4 Å². The molecule has 3 rings (SSSR count). The Morgan fingerprint density at radius 3 is 2.81 bits per heavy atom. The lowest BCUT2D eigenvalue weighted by atomic mass is 10.1. The summed E-state index contributed by atoms with van der Waals surface area (Å²) in [7, 11) is 0. The van der Waals surface area contributed by atoms with E-state index in [1.165, 1.54) is 24.1 Å². The number of urea groups is 1. The van der Waals surface area contributed by atoms with Crippen LogP contribution in [0.5, 0.6) is 0 Å². The van der Waals surface area contributed by atoms with Crippen molar-refractivity contribution in [3.63, 3.8) is 0 Å². The maximum atomic E-state index is 11.1. The Kier molecular flexibility index (Phi) is 2.20. The van der Waals surface area contributed by atoms with Crippen LogP contribution in [-0.2, 0) is 6.54 Å². The van der Waals surface area contributed by atoms with E-state index < -0.39 is 0 Å². The van der Waals surface area contributed by atoms with Gasteiger partial charge in [0, 0.05) is 31.0 Å². The Hall–Kier alpha value is -1.71. The SMILES string of the molecule is O=C1NCc2cc(N3CCCC3)ccc2N1. The Morgan fingerprint density at radius 1 is 1.19 bits per heavy atom. The van der Waals surface area contributed by atoms with Crippen LogP contribution in [0.2, 0.25) is 0 Å². The minimum atomic E-state index is -0.110. The highest BCUT2D eigenvalue weighted by Crippen LogP contribution is 2.27. The molecule has 4 nitrogen and oxygen atoms in total. The minimum absolute atomic E-state index is 0.110. The normalized spacial score (nSPS) is 19.0. The minimum Gasteiger partial charge on any atom is -0.372 e. The molecule has 0 unspecified atom stereocenters. The van der Waals surface area contributed by atoms with Gasteiger partial charge in [-0.3, -0.25) is 0 Å². The van der Waals surface area contributed by atoms with E-state index in [1.54, 1.807) is 0 Å². The second-order valence-corrected chi connectivity index (χ2v) is 4.34. The van der Waals surface area contributed by atoms with Crippen molar-refractivity contribution in [1.82, 2.24) is 5.32 Å². The number of carbonyl (C=O) groups is 1. The predicted molar refractivity (Wildman–Crippen MR) is 63.7 cm³/mol. The number of carbonyl (C=O) groups excluding carboxylic acids is 1. The quantitative estimate of drug-likeness (QED) is 0.754. The second kappa shape index (κ2) is 3.70. The molecule has 1 fully saturated rings. The van der Waals surface area contributed by atoms with Crippen LogP contribution in [0, 0.1) is 0 Å². The zero-order valence-electron chi connectivity index (χ0n) is 9.12. The zero-order chi connectivity index (χ0) is 11.0. The summed E-state index contributed by atoms with van der Waals surface area (Å²) in [6.45, 7) is 2.93. The summed E-state index contributed by atoms with van der Waals surface area (Å²) in [5, 5.41) is 5.60. The van der Waals surface area contributed by atoms with Crippen molar-refractivity contribution in [2.75, 3.05) is 23.3 Å². The van der Waals surface area contributed by atoms with E-state index in [1.807, 2.05) is 6.07 Å². The third kappa shape index (κ3) is 1.60. The van der Waals surface area contributed by atoms with Crippen LogP contribution >= 0.6 is 0 Å². The first-order valence-corrected chi connectivity index (χ1v) is 5.76. The highest BCUT2D eigenvalue weighted by Gasteiger charge is 2.17. The van der Waals surface area contributed by atoms with Crippen LogP contribution < -0.4 is 15.5 Å². The van der Waals surface area contributed by atoms with Crippen LogP contribution in [0.4, 0.5) is 16.2 Å². The molecular weight excluding hydrogens is 202 g/mol. The first-order chi connectivity index (χ1) is 7.83. The molecule has 1 aromatic carbocycles. The average Bonchev–Trinajstić information content (AvgIpc) is 2.82. The van der Waals surface area contributed by atoms with Gasteiger partial charge in [-0.05, 0) is 36.6 Å². The fourth-order valence-corrected chi connectivity index (χ4v) is 2.36. The van der Waals surface area contributed by atoms with Gasteiger partial charge in [0.1, 0.15) is 0 Å². The highest BCUT2D eigenvalue weighted by atomic mass is 16.2. The van der Waals surface area contributed by atoms with Crippen molar-refractivity contribution in [1.29, 1.82) is 0 Å². The van der Waals surface area contributed by atoms with Crippen molar-refractivity contribution in [3.05, 3.63) is 23.8 Å². The lowest BCUT2D eigenvalue weighted by Gasteiger charge is -2.23. The molecular formula is C12H15N3O. The van der Waals surface area contributed by atoms with E-state index in [0.29, 0.717) is 6.54 Å². The van der Waals surface area contributed by atoms with Crippen molar-refractivity contribution >= 4 is 17.4 Å². The van der Waals surface area contributed by atoms with Crippen molar-refractivity contribution in [2.24, 2.45) is 0 Å². The smallest absolute Gasteiger partial charge is 0.319 e. The molecule has 2 amide bonds. The molecule has 2 aliphatic rings. The molecule has 16 heavy (non-hydrogen) atoms. The summed E-state index contributed by atoms with van der Waals surface area (Å²) in [6, 6.07) is 6.16. The lowest BCUT2D eigenvalue weighted by molar-refractivity contribution is 0.251. The number of hydrogen-bond acceptors (Lipinski definition) is 2. The van der Waals surface area contributed by atoms with Gasteiger partial charge in [0.05, 0.1) is 0 Å². The zero-order valence-corrected chi connectivity index (χ0v) is 9.12. The number of rotatable bonds is 1. The molecule has 1 aromatic rings. The van der Waals surface area contributed by atoms with Crippen molar-refractivity contribution < 1.29 is 4.79 Å². The molecule has 0 spiro atoms. The summed E-state index contributed by atoms with van der Waals surface area (Å²) >= 11 is 0. The molecule has 0 saturated carbocycles. The number of fused-ring (bicyclic) bond motifs is 1. The lowest BCUT2D eigenvalue weighted by Crippen LogP contribution is -2.33. The van der Waals surface area contributed by atoms with Crippen molar-refractivity contribution in [2.45, 2.75) is 19.4 Å². The van der Waals surface area contributed by atoms with Crippen LogP contribution in [0.15, 0.2) is 18.2 Å². The van der Waals surface area contributed by atoms with Gasteiger partial charge >= 0.3 is 6.03 Å². The maximum Gasteiger partial charge on any atom is 0.319 e. The molecule has 0 atom stereocenters. The molecule has 1 saturated heterocycles. The third-order valence-corrected chi connectivity index (χ3v) is 3.25. The van der Waals surface area contributed by atoms with E-state index in [-0.39, 0.29) is 6.03 Å². The van der Waals surface area contributed by atoms with Crippen molar-refractivity contribution in [3.8, 4) is 0 Å². The first-order valence-electron chi connectivity index (χ1n) is 5.76. The van der Waals surface area contributed by atoms with E-state index in [0.717, 1.165) is 18.8 Å². The van der Waals surface area contributed by atoms with Crippen LogP contribution in [0.3, 0.4) is 0 Å². The van der Waals surface area contributed by atoms with Crippen LogP contribution in [0.25, 0.3) is 0 Å². The fourth-order valence-electron chi connectivity index (χ4n) is 2.36. The van der Waals surface area contributed by atoms with Gasteiger partial charge in [-0.2, -0.15) is 0 Å². The van der Waals surface area contributed by atoms with Gasteiger partial charge in [0.2, 0.25) is 0 Å². The number of nitrogens with one attached hydrogen (secondary N) is 2. The summed E-state index contributed by atoms with van der Waals surface area (Å²) < 4.78 is 0. The Bertz CT molecular complexity index is 424. The Morgan fingerprint density at radius 2 is 2.00 bits per heavy atom. The monoisotopic (exact) mass is 217 g/mol. The molecule has 2 N–H and O–H groups in total. The predicted octanol–water partition coefficient (Wildman–Crippen LogP) is 1.92. The summed E-state index contributed by atoms with van der Waals surface area (Å²) in [5.74, 6) is 0. The molecule has 4 heteroatoms. The van der Waals surface area contributed by atoms with Crippen LogP contribution in [0.1, 0.15) is 18.4 Å². The van der Waals surface area contributed by atoms with Gasteiger partial charge in [-0.15, -0.1) is 0 Å². The van der Waals surface area contributed by atoms with E-state index >= 15 is 0 Å². The summed E-state index contributed by atoms with van der Waals surface area (Å²) in [5.41, 5.74) is 3.38. The Balaban J connectivity index is 1.89. The van der Waals surface area contributed by atoms with Gasteiger partial charge < -0.3 is 15.5 Å². The number of nitrogens with zero attached hydrogens (tertiary/aromatic N) is 1. The first kappa shape index (κ1) is 9.51. The molecule has 0 bridgehead atoms. The molecule has 0 aliphatic carbocycles. The Labute approximate surface area is 94.6 Å². The molecule has 84 valence electrons. The summed E-state index contributed by atoms with van der Waals surface area (Å²) in [4.78, 5) is 13.5.